The molecule has 4 aromatic rings. The van der Waals surface area contributed by atoms with E-state index in [1.54, 1.807) is 0 Å². The summed E-state index contributed by atoms with van der Waals surface area (Å²) in [6.07, 6.45) is 14.9. The minimum Gasteiger partial charge on any atom is -0.399 e. The lowest BCUT2D eigenvalue weighted by atomic mass is 9.62. The molecule has 0 heterocycles. The maximum atomic E-state index is 6.04. The van der Waals surface area contributed by atoms with Crippen molar-refractivity contribution >= 4 is 11.4 Å². The fourth-order valence-corrected chi connectivity index (χ4v) is 8.00. The molecule has 0 aliphatic heterocycles. The Morgan fingerprint density at radius 1 is 0.533 bits per heavy atom. The van der Waals surface area contributed by atoms with Gasteiger partial charge in [-0.15, -0.1) is 0 Å². The summed E-state index contributed by atoms with van der Waals surface area (Å²) in [5.41, 5.74) is 22.4. The third-order valence-electron chi connectivity index (χ3n) is 10.8. The second kappa shape index (κ2) is 15.7. The fraction of sp³-hybridized carbons (Fsp3) is 0.442. The Balaban J connectivity index is 1.47. The minimum atomic E-state index is 0.0710. The Kier molecular flexibility index (Phi) is 11.4. The second-order valence-electron chi connectivity index (χ2n) is 13.8. The van der Waals surface area contributed by atoms with E-state index >= 15 is 0 Å². The SMILES string of the molecule is CCCCC(c1ccc(N)cc1)c1ccc(C2(c3ccc(C(CCCC)c4ccc(N)cc4)cc3)CCC(CCC)CC2)cc1. The van der Waals surface area contributed by atoms with Crippen molar-refractivity contribution in [3.63, 3.8) is 0 Å². The molecule has 0 bridgehead atoms. The summed E-state index contributed by atoms with van der Waals surface area (Å²) in [7, 11) is 0. The van der Waals surface area contributed by atoms with Crippen LogP contribution in [0.5, 0.6) is 0 Å². The quantitative estimate of drug-likeness (QED) is 0.141. The second-order valence-corrected chi connectivity index (χ2v) is 13.8. The van der Waals surface area contributed by atoms with Gasteiger partial charge in [-0.1, -0.05) is 132 Å². The topological polar surface area (TPSA) is 52.0 Å². The lowest BCUT2D eigenvalue weighted by Crippen LogP contribution is -2.33. The Bertz CT molecular complexity index is 1320. The highest BCUT2D eigenvalue weighted by atomic mass is 14.5. The van der Waals surface area contributed by atoms with Crippen molar-refractivity contribution in [3.8, 4) is 0 Å². The van der Waals surface area contributed by atoms with Crippen molar-refractivity contribution in [1.82, 2.24) is 0 Å². The summed E-state index contributed by atoms with van der Waals surface area (Å²) < 4.78 is 0. The van der Waals surface area contributed by atoms with E-state index < -0.39 is 0 Å². The van der Waals surface area contributed by atoms with Crippen molar-refractivity contribution in [2.75, 3.05) is 11.5 Å². The number of hydrogen-bond donors (Lipinski definition) is 2. The van der Waals surface area contributed by atoms with Gasteiger partial charge in [0.15, 0.2) is 0 Å². The zero-order valence-corrected chi connectivity index (χ0v) is 28.1. The van der Waals surface area contributed by atoms with E-state index in [-0.39, 0.29) is 5.41 Å². The predicted octanol–water partition coefficient (Wildman–Crippen LogP) is 11.8. The summed E-state index contributed by atoms with van der Waals surface area (Å²) >= 11 is 0. The van der Waals surface area contributed by atoms with Crippen LogP contribution >= 0.6 is 0 Å². The number of anilines is 2. The molecule has 0 radical (unpaired) electrons. The summed E-state index contributed by atoms with van der Waals surface area (Å²) in [5.74, 6) is 1.67. The molecular weight excluding hydrogens is 544 g/mol. The summed E-state index contributed by atoms with van der Waals surface area (Å²) in [6.45, 7) is 6.91. The van der Waals surface area contributed by atoms with Gasteiger partial charge in [-0.3, -0.25) is 0 Å². The molecule has 45 heavy (non-hydrogen) atoms. The molecule has 2 atom stereocenters. The molecule has 2 unspecified atom stereocenters. The molecule has 0 aromatic heterocycles. The maximum Gasteiger partial charge on any atom is 0.0314 e. The zero-order valence-electron chi connectivity index (χ0n) is 28.1. The number of rotatable bonds is 14. The molecule has 4 aromatic carbocycles. The van der Waals surface area contributed by atoms with Crippen LogP contribution in [0.25, 0.3) is 0 Å². The van der Waals surface area contributed by atoms with Crippen LogP contribution in [0.1, 0.15) is 143 Å². The molecule has 1 aliphatic rings. The van der Waals surface area contributed by atoms with E-state index in [1.165, 1.54) is 97.6 Å². The molecule has 1 saturated carbocycles. The van der Waals surface area contributed by atoms with E-state index in [9.17, 15) is 0 Å². The van der Waals surface area contributed by atoms with Gasteiger partial charge in [0, 0.05) is 28.6 Å². The van der Waals surface area contributed by atoms with Gasteiger partial charge in [0.2, 0.25) is 0 Å². The highest BCUT2D eigenvalue weighted by molar-refractivity contribution is 5.47. The third-order valence-corrected chi connectivity index (χ3v) is 10.8. The average molecular weight is 601 g/mol. The lowest BCUT2D eigenvalue weighted by molar-refractivity contribution is 0.253. The van der Waals surface area contributed by atoms with E-state index in [0.29, 0.717) is 11.8 Å². The lowest BCUT2D eigenvalue weighted by Gasteiger charge is -2.42. The number of nitrogens with two attached hydrogens (primary N) is 2. The number of hydrogen-bond acceptors (Lipinski definition) is 2. The predicted molar refractivity (Wildman–Crippen MR) is 195 cm³/mol. The van der Waals surface area contributed by atoms with Crippen LogP contribution in [-0.4, -0.2) is 0 Å². The molecule has 2 nitrogen and oxygen atoms in total. The van der Waals surface area contributed by atoms with Crippen molar-refractivity contribution in [2.45, 2.75) is 115 Å². The van der Waals surface area contributed by atoms with Crippen molar-refractivity contribution in [3.05, 3.63) is 130 Å². The number of unbranched alkanes of at least 4 members (excludes halogenated alkanes) is 2. The highest BCUT2D eigenvalue weighted by Crippen LogP contribution is 2.48. The van der Waals surface area contributed by atoms with Gasteiger partial charge in [-0.2, -0.15) is 0 Å². The standard InChI is InChI=1S/C43H56N2/c1-4-7-10-41(35-16-24-39(44)25-17-35)33-12-20-37(21-13-33)43(30-28-32(9-6-3)29-31-43)38-22-14-34(15-23-38)42(11-8-5-2)36-18-26-40(45)27-19-36/h12-27,32,41-42H,4-11,28-31,44-45H2,1-3H3. The molecule has 1 fully saturated rings. The van der Waals surface area contributed by atoms with Crippen molar-refractivity contribution in [1.29, 1.82) is 0 Å². The number of benzene rings is 4. The molecule has 0 saturated heterocycles. The van der Waals surface area contributed by atoms with Crippen LogP contribution in [0.15, 0.2) is 97.1 Å². The van der Waals surface area contributed by atoms with E-state index in [2.05, 4.69) is 118 Å². The van der Waals surface area contributed by atoms with Crippen LogP contribution in [-0.2, 0) is 5.41 Å². The van der Waals surface area contributed by atoms with Gasteiger partial charge in [0.1, 0.15) is 0 Å². The normalized spacial score (nSPS) is 19.7. The van der Waals surface area contributed by atoms with E-state index in [0.717, 1.165) is 30.1 Å². The van der Waals surface area contributed by atoms with Crippen molar-refractivity contribution < 1.29 is 0 Å². The first-order valence-corrected chi connectivity index (χ1v) is 17.9. The van der Waals surface area contributed by atoms with Gasteiger partial charge in [0.05, 0.1) is 0 Å². The molecule has 4 N–H and O–H groups in total. The zero-order chi connectivity index (χ0) is 31.6. The smallest absolute Gasteiger partial charge is 0.0314 e. The summed E-state index contributed by atoms with van der Waals surface area (Å²) in [5, 5.41) is 0. The first kappa shape index (κ1) is 32.9. The Morgan fingerprint density at radius 3 is 1.22 bits per heavy atom. The van der Waals surface area contributed by atoms with Crippen LogP contribution < -0.4 is 11.5 Å². The summed E-state index contributed by atoms with van der Waals surface area (Å²) in [6, 6.07) is 36.7. The van der Waals surface area contributed by atoms with Gasteiger partial charge < -0.3 is 11.5 Å². The average Bonchev–Trinajstić information content (AvgIpc) is 3.08. The fourth-order valence-electron chi connectivity index (χ4n) is 8.00. The van der Waals surface area contributed by atoms with Gasteiger partial charge >= 0.3 is 0 Å². The Morgan fingerprint density at radius 2 is 0.889 bits per heavy atom. The van der Waals surface area contributed by atoms with Crippen LogP contribution in [0, 0.1) is 5.92 Å². The molecule has 1 aliphatic carbocycles. The van der Waals surface area contributed by atoms with E-state index in [4.69, 9.17) is 11.5 Å². The van der Waals surface area contributed by atoms with Gasteiger partial charge in [-0.25, -0.2) is 0 Å². The molecule has 0 amide bonds. The number of nitrogen functional groups attached to an aromatic ring is 2. The van der Waals surface area contributed by atoms with Crippen LogP contribution in [0.2, 0.25) is 0 Å². The molecule has 5 rings (SSSR count). The summed E-state index contributed by atoms with van der Waals surface area (Å²) in [4.78, 5) is 0. The Hall–Kier alpha value is -3.52. The monoisotopic (exact) mass is 600 g/mol. The molecular formula is C43H56N2. The van der Waals surface area contributed by atoms with Crippen LogP contribution in [0.4, 0.5) is 11.4 Å². The van der Waals surface area contributed by atoms with Gasteiger partial charge in [-0.05, 0) is 102 Å². The third kappa shape index (κ3) is 7.83. The molecule has 2 heteroatoms. The Labute approximate surface area is 273 Å². The van der Waals surface area contributed by atoms with Crippen molar-refractivity contribution in [2.24, 2.45) is 5.92 Å². The van der Waals surface area contributed by atoms with Crippen LogP contribution in [0.3, 0.4) is 0 Å². The maximum absolute atomic E-state index is 6.04. The van der Waals surface area contributed by atoms with E-state index in [1.807, 2.05) is 0 Å². The molecule has 0 spiro atoms. The minimum absolute atomic E-state index is 0.0710. The molecule has 238 valence electrons. The highest BCUT2D eigenvalue weighted by Gasteiger charge is 2.38. The van der Waals surface area contributed by atoms with Gasteiger partial charge in [0.25, 0.3) is 0 Å². The largest absolute Gasteiger partial charge is 0.399 e. The first-order chi connectivity index (χ1) is 22.0. The first-order valence-electron chi connectivity index (χ1n) is 17.9.